The number of amides is 1. The van der Waals surface area contributed by atoms with Crippen molar-refractivity contribution in [1.82, 2.24) is 14.8 Å². The van der Waals surface area contributed by atoms with Crippen LogP contribution >= 0.6 is 23.1 Å². The molecule has 1 fully saturated rings. The zero-order valence-corrected chi connectivity index (χ0v) is 21.3. The van der Waals surface area contributed by atoms with Gasteiger partial charge in [-0.1, -0.05) is 11.8 Å². The van der Waals surface area contributed by atoms with Gasteiger partial charge in [-0.2, -0.15) is 0 Å². The Hall–Kier alpha value is -2.85. The molecule has 180 valence electrons. The smallest absolute Gasteiger partial charge is 0.341 e. The van der Waals surface area contributed by atoms with Crippen LogP contribution in [0.3, 0.4) is 0 Å². The van der Waals surface area contributed by atoms with Crippen molar-refractivity contribution >= 4 is 40.0 Å². The van der Waals surface area contributed by atoms with Crippen molar-refractivity contribution < 1.29 is 19.1 Å². The summed E-state index contributed by atoms with van der Waals surface area (Å²) in [6, 6.07) is 7.88. The van der Waals surface area contributed by atoms with Crippen molar-refractivity contribution in [1.29, 1.82) is 0 Å². The molecule has 0 radical (unpaired) electrons. The van der Waals surface area contributed by atoms with E-state index in [4.69, 9.17) is 9.47 Å². The van der Waals surface area contributed by atoms with Crippen LogP contribution in [0.15, 0.2) is 29.4 Å². The molecule has 0 bridgehead atoms. The third-order valence-electron chi connectivity index (χ3n) is 5.91. The van der Waals surface area contributed by atoms with Gasteiger partial charge in [0.05, 0.1) is 24.5 Å². The first-order valence-electron chi connectivity index (χ1n) is 11.1. The number of benzene rings is 1. The minimum absolute atomic E-state index is 0.136. The molecule has 34 heavy (non-hydrogen) atoms. The highest BCUT2D eigenvalue weighted by molar-refractivity contribution is 7.99. The molecular weight excluding hydrogens is 472 g/mol. The van der Waals surface area contributed by atoms with Gasteiger partial charge in [0, 0.05) is 17.5 Å². The lowest BCUT2D eigenvalue weighted by Gasteiger charge is -2.13. The van der Waals surface area contributed by atoms with Crippen molar-refractivity contribution in [2.75, 3.05) is 18.2 Å². The third kappa shape index (κ3) is 5.28. The van der Waals surface area contributed by atoms with Gasteiger partial charge in [-0.05, 0) is 69.4 Å². The van der Waals surface area contributed by atoms with Crippen LogP contribution in [0.4, 0.5) is 5.00 Å². The third-order valence-corrected chi connectivity index (χ3v) is 8.06. The maximum atomic E-state index is 12.6. The Morgan fingerprint density at radius 1 is 1.18 bits per heavy atom. The molecule has 10 heteroatoms. The van der Waals surface area contributed by atoms with Crippen LogP contribution in [0.2, 0.25) is 0 Å². The first-order chi connectivity index (χ1) is 16.4. The molecule has 3 aromatic rings. The van der Waals surface area contributed by atoms with Crippen molar-refractivity contribution in [2.24, 2.45) is 7.05 Å². The van der Waals surface area contributed by atoms with E-state index in [1.54, 1.807) is 0 Å². The summed E-state index contributed by atoms with van der Waals surface area (Å²) in [5.41, 5.74) is 2.15. The molecule has 0 aliphatic heterocycles. The van der Waals surface area contributed by atoms with E-state index < -0.39 is 5.97 Å². The number of hydrogen-bond donors (Lipinski definition) is 1. The van der Waals surface area contributed by atoms with E-state index in [0.717, 1.165) is 34.6 Å². The first-order valence-corrected chi connectivity index (χ1v) is 12.9. The molecule has 0 atom stereocenters. The van der Waals surface area contributed by atoms with Crippen molar-refractivity contribution in [2.45, 2.75) is 50.8 Å². The molecule has 1 aliphatic rings. The quantitative estimate of drug-likeness (QED) is 0.343. The highest BCUT2D eigenvalue weighted by atomic mass is 32.2. The monoisotopic (exact) mass is 500 g/mol. The predicted molar refractivity (Wildman–Crippen MR) is 134 cm³/mol. The van der Waals surface area contributed by atoms with E-state index >= 15 is 0 Å². The van der Waals surface area contributed by atoms with Crippen molar-refractivity contribution in [3.8, 4) is 17.1 Å². The predicted octanol–water partition coefficient (Wildman–Crippen LogP) is 5.00. The Balaban J connectivity index is 1.38. The Morgan fingerprint density at radius 3 is 2.56 bits per heavy atom. The number of nitrogens with zero attached hydrogens (tertiary/aromatic N) is 3. The molecule has 1 aromatic carbocycles. The number of ether oxygens (including phenoxy) is 2. The van der Waals surface area contributed by atoms with Crippen molar-refractivity contribution in [3.05, 3.63) is 40.3 Å². The Labute approximate surface area is 207 Å². The maximum absolute atomic E-state index is 12.6. The van der Waals surface area contributed by atoms with Gasteiger partial charge < -0.3 is 19.4 Å². The summed E-state index contributed by atoms with van der Waals surface area (Å²) in [6.45, 7) is 3.75. The van der Waals surface area contributed by atoms with Crippen LogP contribution in [-0.2, 0) is 16.6 Å². The van der Waals surface area contributed by atoms with E-state index in [9.17, 15) is 9.59 Å². The molecule has 2 heterocycles. The summed E-state index contributed by atoms with van der Waals surface area (Å²) in [6.07, 6.45) is 5.03. The zero-order chi connectivity index (χ0) is 24.2. The molecule has 2 aromatic heterocycles. The highest BCUT2D eigenvalue weighted by Crippen LogP contribution is 2.33. The van der Waals surface area contributed by atoms with Crippen LogP contribution < -0.4 is 10.1 Å². The van der Waals surface area contributed by atoms with E-state index in [1.807, 2.05) is 49.7 Å². The molecule has 1 saturated carbocycles. The number of carbonyl (C=O) groups is 2. The largest absolute Gasteiger partial charge is 0.490 e. The minimum atomic E-state index is -0.456. The molecule has 1 amide bonds. The van der Waals surface area contributed by atoms with Gasteiger partial charge in [-0.3, -0.25) is 4.79 Å². The number of esters is 1. The van der Waals surface area contributed by atoms with Crippen molar-refractivity contribution in [3.63, 3.8) is 0 Å². The number of thiophene rings is 1. The lowest BCUT2D eigenvalue weighted by molar-refractivity contribution is -0.113. The molecule has 8 nitrogen and oxygen atoms in total. The standard InChI is InChI=1S/C24H28N4O4S2/c1-14-15(2)34-22(20(14)23(30)31-4)25-19(29)13-33-24-27-26-21(28(24)3)16-9-11-18(12-10-16)32-17-7-5-6-8-17/h9-12,17H,5-8,13H2,1-4H3,(H,25,29). The van der Waals surface area contributed by atoms with Gasteiger partial charge in [0.1, 0.15) is 10.8 Å². The number of nitrogens with one attached hydrogen (secondary N) is 1. The number of rotatable bonds is 8. The Kier molecular flexibility index (Phi) is 7.57. The number of carbonyl (C=O) groups excluding carboxylic acids is 2. The number of aryl methyl sites for hydroxylation is 1. The van der Waals surface area contributed by atoms with Gasteiger partial charge in [-0.25, -0.2) is 4.79 Å². The van der Waals surface area contributed by atoms with Crippen LogP contribution in [0.1, 0.15) is 46.5 Å². The summed E-state index contributed by atoms with van der Waals surface area (Å²) in [4.78, 5) is 25.7. The van der Waals surface area contributed by atoms with Crippen LogP contribution in [0.5, 0.6) is 5.75 Å². The van der Waals surface area contributed by atoms with E-state index in [2.05, 4.69) is 15.5 Å². The number of methoxy groups -OCH3 is 1. The van der Waals surface area contributed by atoms with E-state index in [-0.39, 0.29) is 11.7 Å². The van der Waals surface area contributed by atoms with E-state index in [1.165, 1.54) is 43.1 Å². The molecular formula is C24H28N4O4S2. The number of anilines is 1. The van der Waals surface area contributed by atoms with Gasteiger partial charge >= 0.3 is 5.97 Å². The maximum Gasteiger partial charge on any atom is 0.341 e. The topological polar surface area (TPSA) is 95.3 Å². The first kappa shape index (κ1) is 24.3. The SMILES string of the molecule is COC(=O)c1c(NC(=O)CSc2nnc(-c3ccc(OC4CCCC4)cc3)n2C)sc(C)c1C. The van der Waals surface area contributed by atoms with Gasteiger partial charge in [0.15, 0.2) is 11.0 Å². The fourth-order valence-electron chi connectivity index (χ4n) is 3.93. The Bertz CT molecular complexity index is 1180. The minimum Gasteiger partial charge on any atom is -0.490 e. The zero-order valence-electron chi connectivity index (χ0n) is 19.7. The molecule has 0 spiro atoms. The number of aromatic nitrogens is 3. The second-order valence-electron chi connectivity index (χ2n) is 8.23. The van der Waals surface area contributed by atoms with Crippen LogP contribution in [-0.4, -0.2) is 45.6 Å². The number of thioether (sulfide) groups is 1. The summed E-state index contributed by atoms with van der Waals surface area (Å²) in [7, 11) is 3.21. The fraction of sp³-hybridized carbons (Fsp3) is 0.417. The summed E-state index contributed by atoms with van der Waals surface area (Å²) >= 11 is 2.65. The normalized spacial score (nSPS) is 13.8. The summed E-state index contributed by atoms with van der Waals surface area (Å²) in [5, 5.41) is 12.5. The molecule has 0 unspecified atom stereocenters. The summed E-state index contributed by atoms with van der Waals surface area (Å²) in [5.74, 6) is 1.04. The highest BCUT2D eigenvalue weighted by Gasteiger charge is 2.22. The molecule has 1 aliphatic carbocycles. The fourth-order valence-corrected chi connectivity index (χ4v) is 5.70. The Morgan fingerprint density at radius 2 is 1.88 bits per heavy atom. The second-order valence-corrected chi connectivity index (χ2v) is 10.4. The summed E-state index contributed by atoms with van der Waals surface area (Å²) < 4.78 is 12.8. The van der Waals surface area contributed by atoms with Gasteiger partial charge in [-0.15, -0.1) is 21.5 Å². The molecule has 0 saturated heterocycles. The molecule has 4 rings (SSSR count). The lowest BCUT2D eigenvalue weighted by Crippen LogP contribution is -2.16. The van der Waals surface area contributed by atoms with Crippen LogP contribution in [0, 0.1) is 13.8 Å². The van der Waals surface area contributed by atoms with Crippen LogP contribution in [0.25, 0.3) is 11.4 Å². The lowest BCUT2D eigenvalue weighted by atomic mass is 10.1. The second kappa shape index (κ2) is 10.6. The van der Waals surface area contributed by atoms with Gasteiger partial charge in [0.2, 0.25) is 5.91 Å². The van der Waals surface area contributed by atoms with Gasteiger partial charge in [0.25, 0.3) is 0 Å². The average Bonchev–Trinajstić information content (AvgIpc) is 3.53. The molecule has 1 N–H and O–H groups in total. The average molecular weight is 501 g/mol. The number of hydrogen-bond acceptors (Lipinski definition) is 8. The van der Waals surface area contributed by atoms with E-state index in [0.29, 0.717) is 27.6 Å².